The van der Waals surface area contributed by atoms with Gasteiger partial charge in [-0.2, -0.15) is 13.2 Å². The van der Waals surface area contributed by atoms with E-state index in [1.807, 2.05) is 12.1 Å². The zero-order chi connectivity index (χ0) is 14.6. The number of benzene rings is 1. The van der Waals surface area contributed by atoms with Crippen LogP contribution in [0, 0.1) is 5.92 Å². The number of alkyl halides is 3. The van der Waals surface area contributed by atoms with E-state index in [1.165, 1.54) is 12.8 Å². The Morgan fingerprint density at radius 2 is 2.00 bits per heavy atom. The minimum Gasteiger partial charge on any atom is -0.381 e. The SMILES string of the molecule is CCC1CCCC1Nc1ccccc1SCC(F)(F)F. The molecule has 20 heavy (non-hydrogen) atoms. The van der Waals surface area contributed by atoms with Crippen molar-refractivity contribution in [1.82, 2.24) is 0 Å². The second-order valence-corrected chi connectivity index (χ2v) is 6.27. The summed E-state index contributed by atoms with van der Waals surface area (Å²) in [4.78, 5) is 0.687. The van der Waals surface area contributed by atoms with E-state index in [4.69, 9.17) is 0 Å². The summed E-state index contributed by atoms with van der Waals surface area (Å²) in [5.41, 5.74) is 0.840. The van der Waals surface area contributed by atoms with Gasteiger partial charge in [0.05, 0.1) is 5.75 Å². The lowest BCUT2D eigenvalue weighted by Crippen LogP contribution is -2.23. The zero-order valence-corrected chi connectivity index (χ0v) is 12.4. The van der Waals surface area contributed by atoms with Crippen molar-refractivity contribution in [2.45, 2.75) is 49.7 Å². The van der Waals surface area contributed by atoms with Gasteiger partial charge in [0.1, 0.15) is 0 Å². The van der Waals surface area contributed by atoms with E-state index in [0.717, 1.165) is 30.3 Å². The fourth-order valence-electron chi connectivity index (χ4n) is 2.79. The van der Waals surface area contributed by atoms with Crippen molar-refractivity contribution >= 4 is 17.4 Å². The predicted octanol–water partition coefficient (Wildman–Crippen LogP) is 5.33. The van der Waals surface area contributed by atoms with Gasteiger partial charge < -0.3 is 5.32 Å². The summed E-state index contributed by atoms with van der Waals surface area (Å²) in [5.74, 6) is -0.205. The molecule has 0 bridgehead atoms. The minimum absolute atomic E-state index is 0.396. The summed E-state index contributed by atoms with van der Waals surface area (Å²) >= 11 is 0.859. The van der Waals surface area contributed by atoms with Gasteiger partial charge in [0.2, 0.25) is 0 Å². The Bertz CT molecular complexity index is 433. The molecule has 2 rings (SSSR count). The molecule has 112 valence electrons. The highest BCUT2D eigenvalue weighted by Gasteiger charge is 2.29. The molecule has 1 aromatic rings. The molecule has 0 spiro atoms. The summed E-state index contributed by atoms with van der Waals surface area (Å²) in [6, 6.07) is 7.69. The summed E-state index contributed by atoms with van der Waals surface area (Å²) in [6.45, 7) is 2.18. The third-order valence-electron chi connectivity index (χ3n) is 3.80. The van der Waals surface area contributed by atoms with E-state index >= 15 is 0 Å². The third-order valence-corrected chi connectivity index (χ3v) is 4.94. The van der Waals surface area contributed by atoms with Crippen LogP contribution in [-0.2, 0) is 0 Å². The van der Waals surface area contributed by atoms with Crippen molar-refractivity contribution in [3.05, 3.63) is 24.3 Å². The highest BCUT2D eigenvalue weighted by Crippen LogP contribution is 2.35. The lowest BCUT2D eigenvalue weighted by molar-refractivity contribution is -0.105. The quantitative estimate of drug-likeness (QED) is 0.738. The number of para-hydroxylation sites is 1. The Kier molecular flexibility index (Phi) is 5.24. The van der Waals surface area contributed by atoms with E-state index in [9.17, 15) is 13.2 Å². The molecular formula is C15H20F3NS. The molecule has 0 heterocycles. The van der Waals surface area contributed by atoms with Crippen LogP contribution in [-0.4, -0.2) is 18.0 Å². The lowest BCUT2D eigenvalue weighted by atomic mass is 10.0. The number of anilines is 1. The van der Waals surface area contributed by atoms with Crippen LogP contribution in [0.4, 0.5) is 18.9 Å². The first-order valence-electron chi connectivity index (χ1n) is 7.04. The van der Waals surface area contributed by atoms with Crippen molar-refractivity contribution < 1.29 is 13.2 Å². The minimum atomic E-state index is -4.13. The predicted molar refractivity (Wildman–Crippen MR) is 78.3 cm³/mol. The van der Waals surface area contributed by atoms with Gasteiger partial charge in [-0.15, -0.1) is 11.8 Å². The Labute approximate surface area is 122 Å². The topological polar surface area (TPSA) is 12.0 Å². The van der Waals surface area contributed by atoms with Crippen molar-refractivity contribution in [1.29, 1.82) is 0 Å². The number of halogens is 3. The standard InChI is InChI=1S/C15H20F3NS/c1-2-11-6-5-8-12(11)19-13-7-3-4-9-14(13)20-10-15(16,17)18/h3-4,7,9,11-12,19H,2,5-6,8,10H2,1H3. The Hall–Kier alpha value is -0.840. The molecule has 0 aliphatic heterocycles. The highest BCUT2D eigenvalue weighted by molar-refractivity contribution is 7.99. The molecule has 0 aromatic heterocycles. The zero-order valence-electron chi connectivity index (χ0n) is 11.5. The second-order valence-electron chi connectivity index (χ2n) is 5.25. The normalized spacial score (nSPS) is 23.0. The molecule has 1 N–H and O–H groups in total. The van der Waals surface area contributed by atoms with Crippen LogP contribution in [0.2, 0.25) is 0 Å². The number of hydrogen-bond donors (Lipinski definition) is 1. The number of nitrogens with one attached hydrogen (secondary N) is 1. The van der Waals surface area contributed by atoms with Crippen molar-refractivity contribution in [2.75, 3.05) is 11.1 Å². The third kappa shape index (κ3) is 4.33. The Balaban J connectivity index is 2.04. The second kappa shape index (κ2) is 6.74. The Morgan fingerprint density at radius 3 is 2.70 bits per heavy atom. The van der Waals surface area contributed by atoms with Crippen LogP contribution in [0.3, 0.4) is 0 Å². The van der Waals surface area contributed by atoms with Gasteiger partial charge in [-0.3, -0.25) is 0 Å². The maximum Gasteiger partial charge on any atom is 0.398 e. The fraction of sp³-hybridized carbons (Fsp3) is 0.600. The number of hydrogen-bond acceptors (Lipinski definition) is 2. The first-order valence-corrected chi connectivity index (χ1v) is 8.03. The van der Waals surface area contributed by atoms with Gasteiger partial charge in [0.15, 0.2) is 0 Å². The average Bonchev–Trinajstić information content (AvgIpc) is 2.84. The van der Waals surface area contributed by atoms with Gasteiger partial charge in [-0.05, 0) is 30.9 Å². The monoisotopic (exact) mass is 303 g/mol. The van der Waals surface area contributed by atoms with Crippen LogP contribution in [0.5, 0.6) is 0 Å². The molecule has 1 saturated carbocycles. The van der Waals surface area contributed by atoms with Crippen LogP contribution < -0.4 is 5.32 Å². The van der Waals surface area contributed by atoms with Crippen molar-refractivity contribution in [3.63, 3.8) is 0 Å². The van der Waals surface area contributed by atoms with E-state index in [2.05, 4.69) is 12.2 Å². The molecular weight excluding hydrogens is 283 g/mol. The van der Waals surface area contributed by atoms with Gasteiger partial charge in [0, 0.05) is 16.6 Å². The van der Waals surface area contributed by atoms with Gasteiger partial charge >= 0.3 is 6.18 Å². The van der Waals surface area contributed by atoms with Crippen LogP contribution >= 0.6 is 11.8 Å². The summed E-state index contributed by atoms with van der Waals surface area (Å²) in [7, 11) is 0. The van der Waals surface area contributed by atoms with E-state index in [1.54, 1.807) is 12.1 Å². The molecule has 1 aliphatic rings. The molecule has 0 saturated heterocycles. The summed E-state index contributed by atoms with van der Waals surface area (Å²) < 4.78 is 37.1. The molecule has 0 radical (unpaired) electrons. The fourth-order valence-corrected chi connectivity index (χ4v) is 3.56. The maximum atomic E-state index is 12.4. The first kappa shape index (κ1) is 15.5. The summed E-state index contributed by atoms with van der Waals surface area (Å²) in [5, 5.41) is 3.46. The van der Waals surface area contributed by atoms with Crippen molar-refractivity contribution in [2.24, 2.45) is 5.92 Å². The number of rotatable bonds is 5. The smallest absolute Gasteiger partial charge is 0.381 e. The van der Waals surface area contributed by atoms with Crippen LogP contribution in [0.15, 0.2) is 29.2 Å². The van der Waals surface area contributed by atoms with E-state index in [0.29, 0.717) is 16.9 Å². The van der Waals surface area contributed by atoms with E-state index < -0.39 is 11.9 Å². The number of thioether (sulfide) groups is 1. The molecule has 1 aromatic carbocycles. The molecule has 0 amide bonds. The first-order chi connectivity index (χ1) is 9.49. The molecule has 1 nitrogen and oxygen atoms in total. The van der Waals surface area contributed by atoms with E-state index in [-0.39, 0.29) is 0 Å². The molecule has 2 unspecified atom stereocenters. The molecule has 5 heteroatoms. The maximum absolute atomic E-state index is 12.4. The largest absolute Gasteiger partial charge is 0.398 e. The van der Waals surface area contributed by atoms with Crippen LogP contribution in [0.25, 0.3) is 0 Å². The Morgan fingerprint density at radius 1 is 1.25 bits per heavy atom. The molecule has 1 aliphatic carbocycles. The average molecular weight is 303 g/mol. The molecule has 1 fully saturated rings. The summed E-state index contributed by atoms with van der Waals surface area (Å²) in [6.07, 6.45) is 0.517. The highest BCUT2D eigenvalue weighted by atomic mass is 32.2. The van der Waals surface area contributed by atoms with Crippen LogP contribution in [0.1, 0.15) is 32.6 Å². The van der Waals surface area contributed by atoms with Gasteiger partial charge in [-0.25, -0.2) is 0 Å². The van der Waals surface area contributed by atoms with Crippen molar-refractivity contribution in [3.8, 4) is 0 Å². The van der Waals surface area contributed by atoms with Gasteiger partial charge in [-0.1, -0.05) is 31.9 Å². The molecule has 2 atom stereocenters. The lowest BCUT2D eigenvalue weighted by Gasteiger charge is -2.22. The van der Waals surface area contributed by atoms with Gasteiger partial charge in [0.25, 0.3) is 0 Å².